The number of carbonyl (C=O) groups excluding carboxylic acids is 2. The van der Waals surface area contributed by atoms with Crippen LogP contribution in [-0.2, 0) is 32.6 Å². The van der Waals surface area contributed by atoms with Gasteiger partial charge < -0.3 is 24.4 Å². The number of aryl methyl sites for hydroxylation is 1. The molecule has 1 N–H and O–H groups in total. The lowest BCUT2D eigenvalue weighted by Crippen LogP contribution is -2.54. The zero-order valence-corrected chi connectivity index (χ0v) is 29.7. The van der Waals surface area contributed by atoms with Gasteiger partial charge in [-0.15, -0.1) is 0 Å². The van der Waals surface area contributed by atoms with Gasteiger partial charge in [-0.25, -0.2) is 8.42 Å². The highest BCUT2D eigenvalue weighted by atomic mass is 32.2. The number of hydrogen-bond acceptors (Lipinski definition) is 7. The Hall–Kier alpha value is -5.03. The average Bonchev–Trinajstić information content (AvgIpc) is 3.12. The number of hydrogen-bond donors (Lipinski definition) is 1. The number of ether oxygens (including phenoxy) is 3. The van der Waals surface area contributed by atoms with Gasteiger partial charge >= 0.3 is 0 Å². The van der Waals surface area contributed by atoms with E-state index >= 15 is 0 Å². The van der Waals surface area contributed by atoms with Crippen molar-refractivity contribution >= 4 is 27.5 Å². The molecule has 11 heteroatoms. The molecule has 2 atom stereocenters. The second-order valence-corrected chi connectivity index (χ2v) is 13.6. The minimum absolute atomic E-state index is 0.00961. The highest BCUT2D eigenvalue weighted by molar-refractivity contribution is 7.92. The van der Waals surface area contributed by atoms with E-state index in [4.69, 9.17) is 14.2 Å². The molecule has 0 aliphatic heterocycles. The lowest BCUT2D eigenvalue weighted by atomic mass is 10.0. The van der Waals surface area contributed by atoms with E-state index in [9.17, 15) is 18.0 Å². The van der Waals surface area contributed by atoms with Gasteiger partial charge in [0.05, 0.1) is 31.9 Å². The first-order chi connectivity index (χ1) is 23.5. The van der Waals surface area contributed by atoms with Crippen LogP contribution in [-0.4, -0.2) is 65.1 Å². The van der Waals surface area contributed by atoms with Crippen molar-refractivity contribution in [3.8, 4) is 17.2 Å². The van der Waals surface area contributed by atoms with Crippen molar-refractivity contribution in [2.24, 2.45) is 0 Å². The molecular formula is C38H45N3O7S. The van der Waals surface area contributed by atoms with Crippen LogP contribution in [0.15, 0.2) is 102 Å². The fourth-order valence-electron chi connectivity index (χ4n) is 5.31. The fraction of sp³-hybridized carbons (Fsp3) is 0.316. The van der Waals surface area contributed by atoms with Crippen LogP contribution in [0, 0.1) is 6.92 Å². The first-order valence-electron chi connectivity index (χ1n) is 16.1. The van der Waals surface area contributed by atoms with Crippen molar-refractivity contribution in [2.75, 3.05) is 32.2 Å². The highest BCUT2D eigenvalue weighted by Crippen LogP contribution is 2.34. The molecule has 0 fully saturated rings. The lowest BCUT2D eigenvalue weighted by Gasteiger charge is -2.34. The van der Waals surface area contributed by atoms with Crippen LogP contribution in [0.3, 0.4) is 0 Å². The molecule has 0 spiro atoms. The molecule has 4 rings (SSSR count). The first-order valence-corrected chi connectivity index (χ1v) is 17.5. The summed E-state index contributed by atoms with van der Waals surface area (Å²) >= 11 is 0. The molecule has 0 aromatic heterocycles. The minimum atomic E-state index is -4.29. The summed E-state index contributed by atoms with van der Waals surface area (Å²) in [7, 11) is 0.198. The topological polar surface area (TPSA) is 114 Å². The maximum Gasteiger partial charge on any atom is 0.264 e. The molecule has 0 bridgehead atoms. The number of anilines is 1. The molecule has 2 amide bonds. The molecule has 2 unspecified atom stereocenters. The van der Waals surface area contributed by atoms with E-state index < -0.39 is 28.5 Å². The molecule has 0 heterocycles. The normalized spacial score (nSPS) is 12.4. The standard InChI is InChI=1S/C38H45N3O7S/c1-7-28(3)39-38(43)34(23-29-12-9-8-10-13-29)40(25-30-14-11-15-32(22-30)46-4)37(42)26-41(31-18-21-35(47-5)36(24-31)48-6)49(44,45)33-19-16-27(2)17-20-33/h8-22,24,28,34H,7,23,25-26H2,1-6H3,(H,39,43). The second-order valence-electron chi connectivity index (χ2n) is 11.8. The van der Waals surface area contributed by atoms with Crippen LogP contribution in [0.1, 0.15) is 37.0 Å². The predicted molar refractivity (Wildman–Crippen MR) is 191 cm³/mol. The van der Waals surface area contributed by atoms with Crippen molar-refractivity contribution < 1.29 is 32.2 Å². The van der Waals surface area contributed by atoms with Gasteiger partial charge in [0, 0.05) is 25.1 Å². The van der Waals surface area contributed by atoms with Gasteiger partial charge in [-0.2, -0.15) is 0 Å². The Labute approximate surface area is 289 Å². The van der Waals surface area contributed by atoms with Gasteiger partial charge in [0.1, 0.15) is 18.3 Å². The van der Waals surface area contributed by atoms with E-state index in [-0.39, 0.29) is 35.5 Å². The van der Waals surface area contributed by atoms with E-state index in [1.54, 1.807) is 49.6 Å². The van der Waals surface area contributed by atoms with Gasteiger partial charge in [0.15, 0.2) is 11.5 Å². The van der Waals surface area contributed by atoms with Crippen molar-refractivity contribution in [1.82, 2.24) is 10.2 Å². The molecule has 260 valence electrons. The Bertz CT molecular complexity index is 1820. The van der Waals surface area contributed by atoms with E-state index in [0.29, 0.717) is 29.2 Å². The smallest absolute Gasteiger partial charge is 0.264 e. The van der Waals surface area contributed by atoms with Gasteiger partial charge in [-0.1, -0.05) is 67.1 Å². The molecule has 4 aromatic rings. The average molecular weight is 688 g/mol. The number of rotatable bonds is 16. The van der Waals surface area contributed by atoms with Crippen LogP contribution < -0.4 is 23.8 Å². The number of sulfonamides is 1. The second kappa shape index (κ2) is 16.9. The zero-order valence-electron chi connectivity index (χ0n) is 28.9. The SMILES string of the molecule is CCC(C)NC(=O)C(Cc1ccccc1)N(Cc1cccc(OC)c1)C(=O)CN(c1ccc(OC)c(OC)c1)S(=O)(=O)c1ccc(C)cc1. The third-order valence-electron chi connectivity index (χ3n) is 8.30. The molecule has 0 saturated heterocycles. The Balaban J connectivity index is 1.86. The number of amides is 2. The number of carbonyl (C=O) groups is 2. The minimum Gasteiger partial charge on any atom is -0.497 e. The zero-order chi connectivity index (χ0) is 35.6. The lowest BCUT2D eigenvalue weighted by molar-refractivity contribution is -0.140. The third kappa shape index (κ3) is 9.32. The molecule has 10 nitrogen and oxygen atoms in total. The van der Waals surface area contributed by atoms with E-state index in [2.05, 4.69) is 5.32 Å². The molecule has 4 aromatic carbocycles. The quantitative estimate of drug-likeness (QED) is 0.159. The Morgan fingerprint density at radius 1 is 0.796 bits per heavy atom. The summed E-state index contributed by atoms with van der Waals surface area (Å²) in [4.78, 5) is 30.2. The van der Waals surface area contributed by atoms with E-state index in [0.717, 1.165) is 15.4 Å². The number of benzene rings is 4. The van der Waals surface area contributed by atoms with Crippen molar-refractivity contribution in [3.05, 3.63) is 114 Å². The van der Waals surface area contributed by atoms with E-state index in [1.807, 2.05) is 57.2 Å². The number of methoxy groups -OCH3 is 3. The highest BCUT2D eigenvalue weighted by Gasteiger charge is 2.35. The van der Waals surface area contributed by atoms with Crippen LogP contribution in [0.5, 0.6) is 17.2 Å². The molecule has 0 aliphatic carbocycles. The van der Waals surface area contributed by atoms with Crippen molar-refractivity contribution in [1.29, 1.82) is 0 Å². The van der Waals surface area contributed by atoms with Crippen molar-refractivity contribution in [3.63, 3.8) is 0 Å². The van der Waals surface area contributed by atoms with Gasteiger partial charge in [0.2, 0.25) is 11.8 Å². The van der Waals surface area contributed by atoms with Crippen LogP contribution >= 0.6 is 0 Å². The maximum atomic E-state index is 14.7. The van der Waals surface area contributed by atoms with Crippen molar-refractivity contribution in [2.45, 2.75) is 57.1 Å². The molecule has 0 saturated carbocycles. The van der Waals surface area contributed by atoms with E-state index in [1.165, 1.54) is 37.3 Å². The summed E-state index contributed by atoms with van der Waals surface area (Å²) < 4.78 is 46.1. The molecule has 0 radical (unpaired) electrons. The summed E-state index contributed by atoms with van der Waals surface area (Å²) in [5.41, 5.74) is 2.63. The fourth-order valence-corrected chi connectivity index (χ4v) is 6.71. The molecular weight excluding hydrogens is 642 g/mol. The summed E-state index contributed by atoms with van der Waals surface area (Å²) in [5, 5.41) is 3.05. The maximum absolute atomic E-state index is 14.7. The number of nitrogens with zero attached hydrogens (tertiary/aromatic N) is 2. The summed E-state index contributed by atoms with van der Waals surface area (Å²) in [6.07, 6.45) is 0.898. The van der Waals surface area contributed by atoms with Gasteiger partial charge in [-0.3, -0.25) is 13.9 Å². The first kappa shape index (κ1) is 36.8. The molecule has 49 heavy (non-hydrogen) atoms. The molecule has 0 aliphatic rings. The monoisotopic (exact) mass is 687 g/mol. The summed E-state index contributed by atoms with van der Waals surface area (Å²) in [6.45, 7) is 5.15. The van der Waals surface area contributed by atoms with Gasteiger partial charge in [-0.05, 0) is 67.8 Å². The predicted octanol–water partition coefficient (Wildman–Crippen LogP) is 5.77. The Morgan fingerprint density at radius 3 is 2.10 bits per heavy atom. The van der Waals surface area contributed by atoms with Gasteiger partial charge in [0.25, 0.3) is 10.0 Å². The Kier molecular flexibility index (Phi) is 12.7. The summed E-state index contributed by atoms with van der Waals surface area (Å²) in [6, 6.07) is 26.6. The third-order valence-corrected chi connectivity index (χ3v) is 10.1. The van der Waals surface area contributed by atoms with Crippen LogP contribution in [0.25, 0.3) is 0 Å². The summed E-state index contributed by atoms with van der Waals surface area (Å²) in [5.74, 6) is 0.360. The Morgan fingerprint density at radius 2 is 1.47 bits per heavy atom. The number of nitrogens with one attached hydrogen (secondary N) is 1. The van der Waals surface area contributed by atoms with Crippen LogP contribution in [0.2, 0.25) is 0 Å². The van der Waals surface area contributed by atoms with Crippen LogP contribution in [0.4, 0.5) is 5.69 Å². The largest absolute Gasteiger partial charge is 0.497 e.